The number of carbonyl (C=O) groups is 1. The van der Waals surface area contributed by atoms with E-state index in [-0.39, 0.29) is 11.8 Å². The molecule has 1 saturated heterocycles. The minimum Gasteiger partial charge on any atom is -0.326 e. The van der Waals surface area contributed by atoms with Gasteiger partial charge in [-0.3, -0.25) is 4.79 Å². The van der Waals surface area contributed by atoms with Crippen LogP contribution in [0.4, 0.5) is 5.69 Å². The van der Waals surface area contributed by atoms with Crippen LogP contribution >= 0.6 is 0 Å². The first-order chi connectivity index (χ1) is 12.0. The van der Waals surface area contributed by atoms with Gasteiger partial charge in [-0.25, -0.2) is 8.42 Å². The van der Waals surface area contributed by atoms with E-state index in [2.05, 4.69) is 17.4 Å². The summed E-state index contributed by atoms with van der Waals surface area (Å²) in [5.74, 6) is 0.223. The zero-order chi connectivity index (χ0) is 17.4. The molecule has 1 atom stereocenters. The van der Waals surface area contributed by atoms with Gasteiger partial charge in [0.1, 0.15) is 0 Å². The molecule has 2 aliphatic rings. The Balaban J connectivity index is 1.57. The van der Waals surface area contributed by atoms with Gasteiger partial charge in [0, 0.05) is 25.2 Å². The summed E-state index contributed by atoms with van der Waals surface area (Å²) in [4.78, 5) is 11.8. The summed E-state index contributed by atoms with van der Waals surface area (Å²) in [6.45, 7) is 1.05. The van der Waals surface area contributed by atoms with Gasteiger partial charge >= 0.3 is 0 Å². The number of aryl methyl sites for hydroxylation is 1. The van der Waals surface area contributed by atoms with Crippen molar-refractivity contribution < 1.29 is 13.2 Å². The molecule has 2 aromatic rings. The van der Waals surface area contributed by atoms with Crippen molar-refractivity contribution in [1.82, 2.24) is 4.31 Å². The summed E-state index contributed by atoms with van der Waals surface area (Å²) in [5.41, 5.74) is 2.80. The van der Waals surface area contributed by atoms with Crippen molar-refractivity contribution in [2.75, 3.05) is 18.4 Å². The summed E-state index contributed by atoms with van der Waals surface area (Å²) in [7, 11) is -3.51. The van der Waals surface area contributed by atoms with E-state index in [1.165, 1.54) is 5.56 Å². The maximum atomic E-state index is 13.0. The van der Waals surface area contributed by atoms with Crippen molar-refractivity contribution in [3.63, 3.8) is 0 Å². The molecule has 2 aromatic carbocycles. The van der Waals surface area contributed by atoms with Crippen molar-refractivity contribution in [1.29, 1.82) is 0 Å². The van der Waals surface area contributed by atoms with E-state index in [4.69, 9.17) is 0 Å². The molecule has 0 unspecified atom stereocenters. The summed E-state index contributed by atoms with van der Waals surface area (Å²) < 4.78 is 27.6. The molecule has 2 heterocycles. The molecule has 0 saturated carbocycles. The fourth-order valence-electron chi connectivity index (χ4n) is 3.61. The summed E-state index contributed by atoms with van der Waals surface area (Å²) >= 11 is 0. The lowest BCUT2D eigenvalue weighted by atomic mass is 9.99. The normalized spacial score (nSPS) is 21.0. The van der Waals surface area contributed by atoms with E-state index < -0.39 is 10.0 Å². The fraction of sp³-hybridized carbons (Fsp3) is 0.316. The van der Waals surface area contributed by atoms with Crippen LogP contribution < -0.4 is 5.32 Å². The molecule has 5 nitrogen and oxygen atoms in total. The van der Waals surface area contributed by atoms with Crippen molar-refractivity contribution >= 4 is 21.6 Å². The highest BCUT2D eigenvalue weighted by Crippen LogP contribution is 2.32. The molecule has 2 aliphatic heterocycles. The molecule has 4 rings (SSSR count). The second-order valence-corrected chi connectivity index (χ2v) is 8.56. The minimum absolute atomic E-state index is 0.0200. The summed E-state index contributed by atoms with van der Waals surface area (Å²) in [6.07, 6.45) is 1.82. The van der Waals surface area contributed by atoms with Crippen LogP contribution in [0.1, 0.15) is 29.9 Å². The molecule has 6 heteroatoms. The van der Waals surface area contributed by atoms with Gasteiger partial charge in [0.2, 0.25) is 15.9 Å². The van der Waals surface area contributed by atoms with E-state index in [0.717, 1.165) is 17.7 Å². The number of nitrogens with one attached hydrogen (secondary N) is 1. The highest BCUT2D eigenvalue weighted by molar-refractivity contribution is 7.89. The third kappa shape index (κ3) is 3.07. The maximum absolute atomic E-state index is 13.0. The monoisotopic (exact) mass is 356 g/mol. The molecule has 0 aliphatic carbocycles. The maximum Gasteiger partial charge on any atom is 0.243 e. The highest BCUT2D eigenvalue weighted by atomic mass is 32.2. The topological polar surface area (TPSA) is 66.5 Å². The largest absolute Gasteiger partial charge is 0.326 e. The van der Waals surface area contributed by atoms with Crippen LogP contribution in [0, 0.1) is 0 Å². The van der Waals surface area contributed by atoms with Gasteiger partial charge in [-0.2, -0.15) is 4.31 Å². The summed E-state index contributed by atoms with van der Waals surface area (Å²) in [5, 5.41) is 2.79. The molecule has 0 bridgehead atoms. The van der Waals surface area contributed by atoms with Crippen molar-refractivity contribution in [2.45, 2.75) is 30.1 Å². The van der Waals surface area contributed by atoms with E-state index in [1.54, 1.807) is 22.5 Å². The van der Waals surface area contributed by atoms with Crippen LogP contribution in [-0.4, -0.2) is 31.7 Å². The van der Waals surface area contributed by atoms with Crippen molar-refractivity contribution in [2.24, 2.45) is 0 Å². The van der Waals surface area contributed by atoms with Gasteiger partial charge in [0.15, 0.2) is 0 Å². The molecular weight excluding hydrogens is 336 g/mol. The Bertz CT molecular complexity index is 910. The standard InChI is InChI=1S/C19H20N2O3S/c22-19-9-6-15-12-17(7-8-18(15)20-19)25(23,24)21-11-10-16(13-21)14-4-2-1-3-5-14/h1-5,7-8,12,16H,6,9-11,13H2,(H,20,22)/t16-/m0/s1. The van der Waals surface area contributed by atoms with Crippen molar-refractivity contribution in [3.05, 3.63) is 59.7 Å². The Morgan fingerprint density at radius 3 is 2.64 bits per heavy atom. The zero-order valence-corrected chi connectivity index (χ0v) is 14.6. The van der Waals surface area contributed by atoms with Crippen LogP contribution in [0.15, 0.2) is 53.4 Å². The molecule has 0 aromatic heterocycles. The summed E-state index contributed by atoms with van der Waals surface area (Å²) in [6, 6.07) is 15.1. The van der Waals surface area contributed by atoms with Gasteiger partial charge < -0.3 is 5.32 Å². The molecule has 130 valence electrons. The van der Waals surface area contributed by atoms with E-state index in [0.29, 0.717) is 30.8 Å². The van der Waals surface area contributed by atoms with Crippen molar-refractivity contribution in [3.8, 4) is 0 Å². The number of amides is 1. The first-order valence-corrected chi connectivity index (χ1v) is 9.96. The van der Waals surface area contributed by atoms with Gasteiger partial charge in [-0.05, 0) is 48.1 Å². The third-order valence-corrected chi connectivity index (χ3v) is 6.89. The van der Waals surface area contributed by atoms with Gasteiger partial charge in [0.05, 0.1) is 4.90 Å². The number of sulfonamides is 1. The van der Waals surface area contributed by atoms with Gasteiger partial charge in [-0.15, -0.1) is 0 Å². The highest BCUT2D eigenvalue weighted by Gasteiger charge is 2.33. The van der Waals surface area contributed by atoms with Gasteiger partial charge in [0.25, 0.3) is 0 Å². The van der Waals surface area contributed by atoms with Crippen LogP contribution in [0.25, 0.3) is 0 Å². The van der Waals surface area contributed by atoms with Crippen LogP contribution in [-0.2, 0) is 21.2 Å². The van der Waals surface area contributed by atoms with E-state index in [9.17, 15) is 13.2 Å². The Morgan fingerprint density at radius 1 is 1.04 bits per heavy atom. The average molecular weight is 356 g/mol. The van der Waals surface area contributed by atoms with Gasteiger partial charge in [-0.1, -0.05) is 30.3 Å². The number of benzene rings is 2. The number of hydrogen-bond donors (Lipinski definition) is 1. The SMILES string of the molecule is O=C1CCc2cc(S(=O)(=O)N3CC[C@H](c4ccccc4)C3)ccc2N1. The minimum atomic E-state index is -3.51. The molecule has 25 heavy (non-hydrogen) atoms. The Hall–Kier alpha value is -2.18. The zero-order valence-electron chi connectivity index (χ0n) is 13.8. The second kappa shape index (κ2) is 6.28. The predicted molar refractivity (Wildman–Crippen MR) is 96.0 cm³/mol. The molecule has 1 fully saturated rings. The quantitative estimate of drug-likeness (QED) is 0.920. The lowest BCUT2D eigenvalue weighted by molar-refractivity contribution is -0.116. The lowest BCUT2D eigenvalue weighted by Gasteiger charge is -2.20. The molecule has 1 amide bonds. The Labute approximate surface area is 147 Å². The number of rotatable bonds is 3. The first kappa shape index (κ1) is 16.3. The number of nitrogens with zero attached hydrogens (tertiary/aromatic N) is 1. The Morgan fingerprint density at radius 2 is 1.84 bits per heavy atom. The molecule has 1 N–H and O–H groups in total. The molecular formula is C19H20N2O3S. The lowest BCUT2D eigenvalue weighted by Crippen LogP contribution is -2.29. The number of fused-ring (bicyclic) bond motifs is 1. The van der Waals surface area contributed by atoms with Crippen LogP contribution in [0.3, 0.4) is 0 Å². The number of anilines is 1. The second-order valence-electron chi connectivity index (χ2n) is 6.63. The van der Waals surface area contributed by atoms with Crippen LogP contribution in [0.2, 0.25) is 0 Å². The van der Waals surface area contributed by atoms with Crippen LogP contribution in [0.5, 0.6) is 0 Å². The number of carbonyl (C=O) groups excluding carboxylic acids is 1. The first-order valence-electron chi connectivity index (χ1n) is 8.52. The molecule has 0 radical (unpaired) electrons. The third-order valence-electron chi connectivity index (χ3n) is 5.03. The Kier molecular flexibility index (Phi) is 4.09. The van der Waals surface area contributed by atoms with E-state index in [1.807, 2.05) is 18.2 Å². The smallest absolute Gasteiger partial charge is 0.243 e. The fourth-order valence-corrected chi connectivity index (χ4v) is 5.16. The predicted octanol–water partition coefficient (Wildman–Crippen LogP) is 2.75. The molecule has 0 spiro atoms. The average Bonchev–Trinajstić information content (AvgIpc) is 3.13. The number of hydrogen-bond acceptors (Lipinski definition) is 3. The van der Waals surface area contributed by atoms with E-state index >= 15 is 0 Å².